The Morgan fingerprint density at radius 3 is 2.92 bits per heavy atom. The third-order valence-corrected chi connectivity index (χ3v) is 3.77. The largest absolute Gasteiger partial charge is 0.396 e. The Morgan fingerprint density at radius 1 is 1.69 bits per heavy atom. The molecule has 13 heavy (non-hydrogen) atoms. The Labute approximate surface area is 82.6 Å². The zero-order chi connectivity index (χ0) is 9.31. The zero-order valence-corrected chi connectivity index (χ0v) is 8.68. The van der Waals surface area contributed by atoms with Crippen LogP contribution in [-0.2, 0) is 6.42 Å². The molecule has 2 nitrogen and oxygen atoms in total. The van der Waals surface area contributed by atoms with Crippen molar-refractivity contribution in [2.75, 3.05) is 6.61 Å². The molecule has 1 aliphatic carbocycles. The van der Waals surface area contributed by atoms with E-state index in [2.05, 4.69) is 11.9 Å². The Morgan fingerprint density at radius 2 is 2.46 bits per heavy atom. The Hall–Kier alpha value is -0.410. The molecule has 3 heteroatoms. The fourth-order valence-electron chi connectivity index (χ4n) is 1.84. The minimum Gasteiger partial charge on any atom is -0.396 e. The number of aliphatic hydroxyl groups excluding tert-OH is 1. The highest BCUT2D eigenvalue weighted by Gasteiger charge is 2.41. The van der Waals surface area contributed by atoms with Gasteiger partial charge < -0.3 is 5.11 Å². The van der Waals surface area contributed by atoms with Gasteiger partial charge in [0.05, 0.1) is 5.51 Å². The van der Waals surface area contributed by atoms with Crippen molar-refractivity contribution in [2.45, 2.75) is 26.2 Å². The monoisotopic (exact) mass is 197 g/mol. The van der Waals surface area contributed by atoms with Gasteiger partial charge in [-0.2, -0.15) is 0 Å². The van der Waals surface area contributed by atoms with E-state index in [0.29, 0.717) is 6.61 Å². The van der Waals surface area contributed by atoms with Gasteiger partial charge in [0, 0.05) is 17.7 Å². The van der Waals surface area contributed by atoms with Gasteiger partial charge in [0.15, 0.2) is 0 Å². The maximum Gasteiger partial charge on any atom is 0.0794 e. The lowest BCUT2D eigenvalue weighted by Crippen LogP contribution is -2.26. The maximum absolute atomic E-state index is 9.38. The number of aromatic nitrogens is 1. The molecule has 0 radical (unpaired) electrons. The number of thiazole rings is 1. The van der Waals surface area contributed by atoms with Gasteiger partial charge in [-0.15, -0.1) is 11.3 Å². The first-order chi connectivity index (χ1) is 6.24. The van der Waals surface area contributed by atoms with E-state index in [9.17, 15) is 5.11 Å². The van der Waals surface area contributed by atoms with E-state index in [4.69, 9.17) is 0 Å². The van der Waals surface area contributed by atoms with Crippen molar-refractivity contribution in [3.05, 3.63) is 16.6 Å². The molecule has 0 aromatic carbocycles. The van der Waals surface area contributed by atoms with Crippen LogP contribution < -0.4 is 0 Å². The minimum atomic E-state index is 0.104. The maximum atomic E-state index is 9.38. The number of hydrogen-bond donors (Lipinski definition) is 1. The molecule has 1 N–H and O–H groups in total. The highest BCUT2D eigenvalue weighted by Crippen LogP contribution is 2.47. The molecule has 1 heterocycles. The molecule has 0 bridgehead atoms. The molecule has 1 aliphatic rings. The molecule has 1 atom stereocenters. The number of rotatable bonds is 4. The van der Waals surface area contributed by atoms with Crippen LogP contribution in [0.1, 0.15) is 24.6 Å². The first-order valence-electron chi connectivity index (χ1n) is 4.73. The van der Waals surface area contributed by atoms with Gasteiger partial charge in [-0.05, 0) is 30.6 Å². The van der Waals surface area contributed by atoms with Crippen LogP contribution in [0.3, 0.4) is 0 Å². The molecule has 2 rings (SSSR count). The molecule has 0 aliphatic heterocycles. The van der Waals surface area contributed by atoms with E-state index in [-0.39, 0.29) is 5.41 Å². The van der Waals surface area contributed by atoms with Gasteiger partial charge in [-0.1, -0.05) is 6.92 Å². The second-order valence-electron chi connectivity index (χ2n) is 4.23. The average molecular weight is 197 g/mol. The summed E-state index contributed by atoms with van der Waals surface area (Å²) in [6, 6.07) is 0. The summed E-state index contributed by atoms with van der Waals surface area (Å²) in [6.45, 7) is 2.49. The van der Waals surface area contributed by atoms with Crippen molar-refractivity contribution < 1.29 is 5.11 Å². The predicted molar refractivity (Wildman–Crippen MR) is 53.7 cm³/mol. The number of hydrogen-bond acceptors (Lipinski definition) is 3. The highest BCUT2D eigenvalue weighted by atomic mass is 32.1. The third-order valence-electron chi connectivity index (χ3n) is 2.99. The van der Waals surface area contributed by atoms with Crippen LogP contribution in [0, 0.1) is 11.3 Å². The first kappa shape index (κ1) is 9.16. The number of aliphatic hydroxyl groups is 1. The van der Waals surface area contributed by atoms with Crippen molar-refractivity contribution in [2.24, 2.45) is 11.3 Å². The van der Waals surface area contributed by atoms with E-state index in [0.717, 1.165) is 12.3 Å². The lowest BCUT2D eigenvalue weighted by molar-refractivity contribution is 0.120. The van der Waals surface area contributed by atoms with Gasteiger partial charge in [0.2, 0.25) is 0 Å². The number of nitrogens with zero attached hydrogens (tertiary/aromatic N) is 1. The molecule has 1 aromatic heterocycles. The summed E-state index contributed by atoms with van der Waals surface area (Å²) in [5, 5.41) is 9.38. The summed E-state index contributed by atoms with van der Waals surface area (Å²) in [5.41, 5.74) is 1.96. The van der Waals surface area contributed by atoms with E-state index in [1.165, 1.54) is 17.7 Å². The molecular weight excluding hydrogens is 182 g/mol. The quantitative estimate of drug-likeness (QED) is 0.801. The lowest BCUT2D eigenvalue weighted by Gasteiger charge is -2.26. The highest BCUT2D eigenvalue weighted by molar-refractivity contribution is 7.09. The molecule has 1 unspecified atom stereocenters. The van der Waals surface area contributed by atoms with Crippen LogP contribution >= 0.6 is 11.3 Å². The van der Waals surface area contributed by atoms with E-state index >= 15 is 0 Å². The second kappa shape index (κ2) is 3.39. The van der Waals surface area contributed by atoms with Crippen LogP contribution in [-0.4, -0.2) is 16.7 Å². The molecular formula is C10H15NOS. The summed E-state index contributed by atoms with van der Waals surface area (Å²) in [4.78, 5) is 5.35. The molecule has 1 fully saturated rings. The summed E-state index contributed by atoms with van der Waals surface area (Å²) in [6.07, 6.45) is 5.48. The third kappa shape index (κ3) is 1.92. The Kier molecular flexibility index (Phi) is 2.39. The van der Waals surface area contributed by atoms with Crippen LogP contribution in [0.2, 0.25) is 0 Å². The molecule has 0 amide bonds. The van der Waals surface area contributed by atoms with Crippen LogP contribution in [0.4, 0.5) is 0 Å². The topological polar surface area (TPSA) is 33.1 Å². The van der Waals surface area contributed by atoms with Gasteiger partial charge in [-0.3, -0.25) is 4.98 Å². The van der Waals surface area contributed by atoms with Crippen molar-refractivity contribution in [3.8, 4) is 0 Å². The molecule has 72 valence electrons. The summed E-state index contributed by atoms with van der Waals surface area (Å²) < 4.78 is 0. The summed E-state index contributed by atoms with van der Waals surface area (Å²) >= 11 is 1.69. The molecule has 0 spiro atoms. The molecule has 1 aromatic rings. The molecule has 1 saturated carbocycles. The van der Waals surface area contributed by atoms with E-state index < -0.39 is 0 Å². The summed E-state index contributed by atoms with van der Waals surface area (Å²) in [7, 11) is 0. The zero-order valence-electron chi connectivity index (χ0n) is 7.86. The van der Waals surface area contributed by atoms with Gasteiger partial charge in [-0.25, -0.2) is 0 Å². The minimum absolute atomic E-state index is 0.104. The molecule has 0 saturated heterocycles. The first-order valence-corrected chi connectivity index (χ1v) is 5.61. The van der Waals surface area contributed by atoms with Gasteiger partial charge in [0.1, 0.15) is 0 Å². The van der Waals surface area contributed by atoms with E-state index in [1.54, 1.807) is 11.3 Å². The fraction of sp³-hybridized carbons (Fsp3) is 0.700. The van der Waals surface area contributed by atoms with Crippen molar-refractivity contribution in [3.63, 3.8) is 0 Å². The van der Waals surface area contributed by atoms with Crippen molar-refractivity contribution in [1.29, 1.82) is 0 Å². The smallest absolute Gasteiger partial charge is 0.0794 e. The fourth-order valence-corrected chi connectivity index (χ4v) is 2.63. The SMILES string of the molecule is CC(CO)(Cc1cncs1)C1CC1. The van der Waals surface area contributed by atoms with Crippen LogP contribution in [0.25, 0.3) is 0 Å². The Bertz CT molecular complexity index is 268. The normalized spacial score (nSPS) is 21.4. The van der Waals surface area contributed by atoms with Crippen LogP contribution in [0.5, 0.6) is 0 Å². The lowest BCUT2D eigenvalue weighted by atomic mass is 9.82. The second-order valence-corrected chi connectivity index (χ2v) is 5.20. The van der Waals surface area contributed by atoms with Crippen LogP contribution in [0.15, 0.2) is 11.7 Å². The Balaban J connectivity index is 2.05. The standard InChI is InChI=1S/C10H15NOS/c1-10(6-12,8-2-3-8)4-9-5-11-7-13-9/h5,7-8,12H,2-4,6H2,1H3. The summed E-state index contributed by atoms with van der Waals surface area (Å²) in [5.74, 6) is 0.736. The predicted octanol–water partition coefficient (Wildman–Crippen LogP) is 2.09. The van der Waals surface area contributed by atoms with Crippen molar-refractivity contribution >= 4 is 11.3 Å². The van der Waals surface area contributed by atoms with E-state index in [1.807, 2.05) is 11.7 Å². The van der Waals surface area contributed by atoms with Gasteiger partial charge >= 0.3 is 0 Å². The van der Waals surface area contributed by atoms with Gasteiger partial charge in [0.25, 0.3) is 0 Å². The van der Waals surface area contributed by atoms with Crippen molar-refractivity contribution in [1.82, 2.24) is 4.98 Å². The average Bonchev–Trinajstić information content (AvgIpc) is 2.88.